The van der Waals surface area contributed by atoms with E-state index in [-0.39, 0.29) is 6.61 Å². The molecule has 24 heavy (non-hydrogen) atoms. The largest absolute Gasteiger partial charge is 0.484 e. The van der Waals surface area contributed by atoms with Crippen LogP contribution in [0.15, 0.2) is 59.2 Å². The Morgan fingerprint density at radius 2 is 1.83 bits per heavy atom. The molecule has 3 aromatic rings. The number of aromatic amines is 1. The van der Waals surface area contributed by atoms with Crippen LogP contribution in [-0.4, -0.2) is 23.4 Å². The first-order chi connectivity index (χ1) is 11.6. The second kappa shape index (κ2) is 7.18. The van der Waals surface area contributed by atoms with Gasteiger partial charge in [-0.2, -0.15) is 0 Å². The number of carbonyl (C=O) groups excluding carboxylic acids is 2. The Morgan fingerprint density at radius 1 is 1.04 bits per heavy atom. The lowest BCUT2D eigenvalue weighted by Crippen LogP contribution is -2.43. The molecule has 2 aromatic carbocycles. The maximum absolute atomic E-state index is 11.8. The number of nitrogens with one attached hydrogen (secondary N) is 3. The Morgan fingerprint density at radius 3 is 2.58 bits per heavy atom. The van der Waals surface area contributed by atoms with E-state index in [1.165, 1.54) is 0 Å². The zero-order valence-corrected chi connectivity index (χ0v) is 14.1. The summed E-state index contributed by atoms with van der Waals surface area (Å²) in [5, 5.41) is 2.12. The molecule has 0 unspecified atom stereocenters. The van der Waals surface area contributed by atoms with Crippen LogP contribution in [0.4, 0.5) is 0 Å². The number of H-pyrrole nitrogens is 1. The lowest BCUT2D eigenvalue weighted by atomic mass is 10.1. The Balaban J connectivity index is 1.50. The third-order valence-corrected chi connectivity index (χ3v) is 3.76. The Labute approximate surface area is 146 Å². The van der Waals surface area contributed by atoms with Crippen LogP contribution in [0.1, 0.15) is 10.5 Å². The summed E-state index contributed by atoms with van der Waals surface area (Å²) in [5.41, 5.74) is 4.94. The average Bonchev–Trinajstić information content (AvgIpc) is 3.04. The minimum atomic E-state index is -0.456. The molecule has 7 heteroatoms. The van der Waals surface area contributed by atoms with E-state index in [0.29, 0.717) is 11.4 Å². The fourth-order valence-electron chi connectivity index (χ4n) is 2.13. The molecule has 6 nitrogen and oxygen atoms in total. The zero-order chi connectivity index (χ0) is 16.9. The number of carbonyl (C=O) groups is 2. The number of hydrogen-bond donors (Lipinski definition) is 3. The summed E-state index contributed by atoms with van der Waals surface area (Å²) in [4.78, 5) is 26.3. The number of benzene rings is 2. The maximum atomic E-state index is 11.8. The van der Waals surface area contributed by atoms with E-state index < -0.39 is 11.8 Å². The molecule has 3 rings (SSSR count). The van der Waals surface area contributed by atoms with E-state index >= 15 is 0 Å². The van der Waals surface area contributed by atoms with Gasteiger partial charge in [0.1, 0.15) is 11.4 Å². The molecule has 0 aliphatic rings. The first-order valence-electron chi connectivity index (χ1n) is 7.16. The molecule has 0 saturated carbocycles. The molecule has 3 N–H and O–H groups in total. The standard InChI is InChI=1S/C17H14BrN3O3/c18-13-8-15(19-9-13)17(23)21-20-16(22)10-24-14-6-5-11-3-1-2-4-12(11)7-14/h1-9,19H,10H2,(H,20,22)(H,21,23). The van der Waals surface area contributed by atoms with Crippen LogP contribution < -0.4 is 15.6 Å². The second-order valence-electron chi connectivity index (χ2n) is 5.03. The molecule has 0 bridgehead atoms. The summed E-state index contributed by atoms with van der Waals surface area (Å²) in [7, 11) is 0. The Kier molecular flexibility index (Phi) is 4.81. The van der Waals surface area contributed by atoms with Crippen LogP contribution in [-0.2, 0) is 4.79 Å². The van der Waals surface area contributed by atoms with Gasteiger partial charge in [-0.3, -0.25) is 20.4 Å². The molecule has 0 aliphatic heterocycles. The molecule has 1 heterocycles. The molecule has 0 atom stereocenters. The van der Waals surface area contributed by atoms with Crippen molar-refractivity contribution < 1.29 is 14.3 Å². The number of fused-ring (bicyclic) bond motifs is 1. The maximum Gasteiger partial charge on any atom is 0.286 e. The molecule has 1 aromatic heterocycles. The van der Waals surface area contributed by atoms with Gasteiger partial charge in [-0.25, -0.2) is 0 Å². The summed E-state index contributed by atoms with van der Waals surface area (Å²) >= 11 is 3.23. The molecule has 0 saturated heterocycles. The van der Waals surface area contributed by atoms with Crippen molar-refractivity contribution in [3.63, 3.8) is 0 Å². The van der Waals surface area contributed by atoms with Gasteiger partial charge in [0.15, 0.2) is 6.61 Å². The van der Waals surface area contributed by atoms with Gasteiger partial charge in [-0.1, -0.05) is 30.3 Å². The highest BCUT2D eigenvalue weighted by molar-refractivity contribution is 9.10. The average molecular weight is 388 g/mol. The van der Waals surface area contributed by atoms with Crippen molar-refractivity contribution in [2.45, 2.75) is 0 Å². The van der Waals surface area contributed by atoms with Crippen LogP contribution in [0.3, 0.4) is 0 Å². The molecule has 0 aliphatic carbocycles. The van der Waals surface area contributed by atoms with Crippen molar-refractivity contribution >= 4 is 38.5 Å². The highest BCUT2D eigenvalue weighted by atomic mass is 79.9. The normalized spacial score (nSPS) is 10.4. The predicted octanol–water partition coefficient (Wildman–Crippen LogP) is 2.77. The van der Waals surface area contributed by atoms with Gasteiger partial charge in [0.2, 0.25) is 0 Å². The molecule has 0 spiro atoms. The van der Waals surface area contributed by atoms with Gasteiger partial charge in [-0.15, -0.1) is 0 Å². The Bertz CT molecular complexity index is 891. The third-order valence-electron chi connectivity index (χ3n) is 3.30. The molecule has 0 fully saturated rings. The number of hydrazine groups is 1. The van der Waals surface area contributed by atoms with Crippen molar-refractivity contribution in [1.29, 1.82) is 0 Å². The second-order valence-corrected chi connectivity index (χ2v) is 5.95. The minimum Gasteiger partial charge on any atom is -0.484 e. The summed E-state index contributed by atoms with van der Waals surface area (Å²) in [5.74, 6) is -0.314. The molecular formula is C17H14BrN3O3. The predicted molar refractivity (Wildman–Crippen MR) is 93.5 cm³/mol. The van der Waals surface area contributed by atoms with Crippen molar-refractivity contribution in [3.05, 3.63) is 64.9 Å². The van der Waals surface area contributed by atoms with E-state index in [2.05, 4.69) is 31.8 Å². The minimum absolute atomic E-state index is 0.201. The molecular weight excluding hydrogens is 374 g/mol. The van der Waals surface area contributed by atoms with Crippen LogP contribution in [0, 0.1) is 0 Å². The highest BCUT2D eigenvalue weighted by Crippen LogP contribution is 2.20. The van der Waals surface area contributed by atoms with Crippen LogP contribution in [0.5, 0.6) is 5.75 Å². The van der Waals surface area contributed by atoms with Gasteiger partial charge in [0.05, 0.1) is 0 Å². The van der Waals surface area contributed by atoms with Crippen molar-refractivity contribution in [3.8, 4) is 5.75 Å². The first-order valence-corrected chi connectivity index (χ1v) is 7.96. The van der Waals surface area contributed by atoms with Crippen LogP contribution >= 0.6 is 15.9 Å². The van der Waals surface area contributed by atoms with Crippen LogP contribution in [0.25, 0.3) is 10.8 Å². The summed E-state index contributed by atoms with van der Waals surface area (Å²) in [6.45, 7) is -0.201. The first kappa shape index (κ1) is 16.1. The SMILES string of the molecule is O=C(COc1ccc2ccccc2c1)NNC(=O)c1cc(Br)c[nH]1. The van der Waals surface area contributed by atoms with Crippen molar-refractivity contribution in [2.24, 2.45) is 0 Å². The topological polar surface area (TPSA) is 83.2 Å². The van der Waals surface area contributed by atoms with E-state index in [1.807, 2.05) is 36.4 Å². The van der Waals surface area contributed by atoms with Gasteiger partial charge < -0.3 is 9.72 Å². The monoisotopic (exact) mass is 387 g/mol. The number of rotatable bonds is 4. The van der Waals surface area contributed by atoms with E-state index in [1.54, 1.807) is 18.3 Å². The van der Waals surface area contributed by atoms with E-state index in [9.17, 15) is 9.59 Å². The molecule has 0 radical (unpaired) electrons. The number of hydrogen-bond acceptors (Lipinski definition) is 3. The fraction of sp³-hybridized carbons (Fsp3) is 0.0588. The number of aromatic nitrogens is 1. The quantitative estimate of drug-likeness (QED) is 0.601. The van der Waals surface area contributed by atoms with Crippen molar-refractivity contribution in [1.82, 2.24) is 15.8 Å². The van der Waals surface area contributed by atoms with Gasteiger partial charge >= 0.3 is 0 Å². The Hall–Kier alpha value is -2.80. The fourth-order valence-corrected chi connectivity index (χ4v) is 2.48. The van der Waals surface area contributed by atoms with Gasteiger partial charge in [-0.05, 0) is 44.9 Å². The number of amides is 2. The van der Waals surface area contributed by atoms with Crippen molar-refractivity contribution in [2.75, 3.05) is 6.61 Å². The number of halogens is 1. The molecule has 122 valence electrons. The highest BCUT2D eigenvalue weighted by Gasteiger charge is 2.09. The zero-order valence-electron chi connectivity index (χ0n) is 12.5. The summed E-state index contributed by atoms with van der Waals surface area (Å²) in [6.07, 6.45) is 1.62. The van der Waals surface area contributed by atoms with Crippen LogP contribution in [0.2, 0.25) is 0 Å². The summed E-state index contributed by atoms with van der Waals surface area (Å²) in [6, 6.07) is 15.1. The van der Waals surface area contributed by atoms with Gasteiger partial charge in [0.25, 0.3) is 11.8 Å². The van der Waals surface area contributed by atoms with E-state index in [0.717, 1.165) is 15.2 Å². The number of ether oxygens (including phenoxy) is 1. The van der Waals surface area contributed by atoms with Gasteiger partial charge in [0, 0.05) is 10.7 Å². The third kappa shape index (κ3) is 3.94. The lowest BCUT2D eigenvalue weighted by molar-refractivity contribution is -0.123. The summed E-state index contributed by atoms with van der Waals surface area (Å²) < 4.78 is 6.19. The molecule has 2 amide bonds. The lowest BCUT2D eigenvalue weighted by Gasteiger charge is -2.09. The van der Waals surface area contributed by atoms with E-state index in [4.69, 9.17) is 4.74 Å². The smallest absolute Gasteiger partial charge is 0.286 e.